The van der Waals surface area contributed by atoms with Gasteiger partial charge in [-0.2, -0.15) is 8.61 Å². The Morgan fingerprint density at radius 1 is 1.20 bits per heavy atom. The smallest absolute Gasteiger partial charge is 0.247 e. The number of sulfonamides is 2. The molecule has 0 radical (unpaired) electrons. The van der Waals surface area contributed by atoms with Crippen LogP contribution in [0.4, 0.5) is 0 Å². The maximum atomic E-state index is 13.7. The molecular weight excluding hydrogens is 564 g/mol. The molecule has 0 spiro atoms. The maximum Gasteiger partial charge on any atom is 0.247 e. The van der Waals surface area contributed by atoms with E-state index in [0.717, 1.165) is 6.42 Å². The molecule has 9 nitrogen and oxygen atoms in total. The van der Waals surface area contributed by atoms with Gasteiger partial charge in [0, 0.05) is 37.5 Å². The highest BCUT2D eigenvalue weighted by atomic mass is 32.2. The first-order valence-electron chi connectivity index (χ1n) is 14.0. The summed E-state index contributed by atoms with van der Waals surface area (Å²) < 4.78 is 68.6. The van der Waals surface area contributed by atoms with E-state index in [4.69, 9.17) is 9.47 Å². The van der Waals surface area contributed by atoms with Gasteiger partial charge in [-0.3, -0.25) is 0 Å². The normalized spacial score (nSPS) is 22.1. The largest absolute Gasteiger partial charge is 0.495 e. The zero-order valence-electron chi connectivity index (χ0n) is 24.1. The first kappa shape index (κ1) is 31.3. The number of ether oxygens (including phenoxy) is 2. The lowest BCUT2D eigenvalue weighted by Crippen LogP contribution is -2.50. The Kier molecular flexibility index (Phi) is 10.0. The number of rotatable bonds is 8. The van der Waals surface area contributed by atoms with Gasteiger partial charge in [-0.05, 0) is 56.0 Å². The predicted octanol–water partition coefficient (Wildman–Crippen LogP) is 3.72. The Bertz CT molecular complexity index is 1490. The van der Waals surface area contributed by atoms with Gasteiger partial charge in [-0.25, -0.2) is 16.8 Å². The number of hydrogen-bond acceptors (Lipinski definition) is 7. The molecule has 224 valence electrons. The van der Waals surface area contributed by atoms with Crippen molar-refractivity contribution in [3.63, 3.8) is 0 Å². The molecule has 0 aromatic heterocycles. The van der Waals surface area contributed by atoms with E-state index in [1.807, 2.05) is 6.92 Å². The summed E-state index contributed by atoms with van der Waals surface area (Å²) in [7, 11) is -5.09. The molecule has 4 rings (SSSR count). The second-order valence-electron chi connectivity index (χ2n) is 11.0. The van der Waals surface area contributed by atoms with Crippen LogP contribution in [0.25, 0.3) is 0 Å². The molecule has 1 aliphatic heterocycles. The lowest BCUT2D eigenvalue weighted by atomic mass is 10.0. The summed E-state index contributed by atoms with van der Waals surface area (Å²) in [6, 6.07) is 10.5. The van der Waals surface area contributed by atoms with Crippen molar-refractivity contribution in [1.29, 1.82) is 0 Å². The van der Waals surface area contributed by atoms with Gasteiger partial charge in [-0.1, -0.05) is 43.7 Å². The minimum atomic E-state index is -4.02. The maximum absolute atomic E-state index is 13.7. The summed E-state index contributed by atoms with van der Waals surface area (Å²) in [6.45, 7) is 3.10. The van der Waals surface area contributed by atoms with Gasteiger partial charge in [0.15, 0.2) is 0 Å². The molecule has 0 saturated heterocycles. The summed E-state index contributed by atoms with van der Waals surface area (Å²) >= 11 is 0. The van der Waals surface area contributed by atoms with Gasteiger partial charge in [0.05, 0.1) is 20.3 Å². The average molecular weight is 605 g/mol. The first-order chi connectivity index (χ1) is 19.5. The van der Waals surface area contributed by atoms with Crippen LogP contribution in [-0.2, 0) is 20.0 Å². The summed E-state index contributed by atoms with van der Waals surface area (Å²) in [4.78, 5) is -0.00638. The van der Waals surface area contributed by atoms with Crippen LogP contribution in [0.5, 0.6) is 11.5 Å². The standard InChI is InChI=1S/C30H40N2O7S2/c1-22-19-32(23(2)21-33)41(36,37)30-17-16-25(13-9-12-24-10-5-6-11-24)18-27(30)39-28(22)20-31(3)40(34,35)29-15-8-7-14-26(29)38-4/h7-8,14-18,22-24,28,33H,5-6,10-12,19-21H2,1-4H3/t22-,23-,28-/m0/s1. The van der Waals surface area contributed by atoms with Crippen LogP contribution in [0.15, 0.2) is 52.3 Å². The zero-order chi connectivity index (χ0) is 29.8. The van der Waals surface area contributed by atoms with Crippen molar-refractivity contribution >= 4 is 20.0 Å². The Labute approximate surface area is 244 Å². The minimum Gasteiger partial charge on any atom is -0.495 e. The summed E-state index contributed by atoms with van der Waals surface area (Å²) in [5.41, 5.74) is 0.626. The number of aliphatic hydroxyl groups excluding tert-OH is 1. The van der Waals surface area contributed by atoms with E-state index in [1.165, 1.54) is 60.6 Å². The van der Waals surface area contributed by atoms with Crippen molar-refractivity contribution in [2.45, 2.75) is 67.9 Å². The number of likely N-dealkylation sites (N-methyl/N-ethyl adjacent to an activating group) is 1. The number of benzene rings is 2. The van der Waals surface area contributed by atoms with Crippen LogP contribution < -0.4 is 9.47 Å². The zero-order valence-corrected chi connectivity index (χ0v) is 25.7. The summed E-state index contributed by atoms with van der Waals surface area (Å²) in [5.74, 6) is 6.92. The highest BCUT2D eigenvalue weighted by Gasteiger charge is 2.39. The van der Waals surface area contributed by atoms with E-state index < -0.39 is 38.1 Å². The summed E-state index contributed by atoms with van der Waals surface area (Å²) in [6.07, 6.45) is 4.94. The molecule has 2 aromatic rings. The Balaban J connectivity index is 1.70. The highest BCUT2D eigenvalue weighted by molar-refractivity contribution is 7.89. The van der Waals surface area contributed by atoms with E-state index >= 15 is 0 Å². The molecule has 41 heavy (non-hydrogen) atoms. The quantitative estimate of drug-likeness (QED) is 0.457. The van der Waals surface area contributed by atoms with E-state index in [1.54, 1.807) is 37.3 Å². The van der Waals surface area contributed by atoms with Gasteiger partial charge >= 0.3 is 0 Å². The second-order valence-corrected chi connectivity index (χ2v) is 14.9. The van der Waals surface area contributed by atoms with Crippen molar-refractivity contribution in [2.75, 3.05) is 33.9 Å². The topological polar surface area (TPSA) is 113 Å². The second kappa shape index (κ2) is 13.1. The molecule has 2 aliphatic rings. The van der Waals surface area contributed by atoms with Crippen LogP contribution in [0.1, 0.15) is 51.5 Å². The first-order valence-corrected chi connectivity index (χ1v) is 16.9. The lowest BCUT2D eigenvalue weighted by Gasteiger charge is -2.37. The fourth-order valence-electron chi connectivity index (χ4n) is 5.38. The van der Waals surface area contributed by atoms with Crippen LogP contribution in [-0.4, -0.2) is 76.6 Å². The van der Waals surface area contributed by atoms with Gasteiger partial charge in [-0.15, -0.1) is 0 Å². The van der Waals surface area contributed by atoms with Crippen LogP contribution in [0.2, 0.25) is 0 Å². The van der Waals surface area contributed by atoms with Gasteiger partial charge in [0.2, 0.25) is 20.0 Å². The van der Waals surface area contributed by atoms with Crippen molar-refractivity contribution < 1.29 is 31.4 Å². The van der Waals surface area contributed by atoms with Crippen molar-refractivity contribution in [3.8, 4) is 23.3 Å². The van der Waals surface area contributed by atoms with Crippen molar-refractivity contribution in [3.05, 3.63) is 48.0 Å². The summed E-state index contributed by atoms with van der Waals surface area (Å²) in [5, 5.41) is 9.89. The fourth-order valence-corrected chi connectivity index (χ4v) is 8.55. The fraction of sp³-hybridized carbons (Fsp3) is 0.533. The molecule has 1 heterocycles. The number of hydrogen-bond donors (Lipinski definition) is 1. The monoisotopic (exact) mass is 604 g/mol. The SMILES string of the molecule is COc1ccccc1S(=O)(=O)N(C)C[C@@H]1Oc2cc(C#CCC3CCCC3)ccc2S(=O)(=O)N([C@@H](C)CO)C[C@@H]1C. The Hall–Kier alpha value is -2.62. The average Bonchev–Trinajstić information content (AvgIpc) is 3.48. The third-order valence-electron chi connectivity index (χ3n) is 7.96. The van der Waals surface area contributed by atoms with Crippen molar-refractivity contribution in [1.82, 2.24) is 8.61 Å². The minimum absolute atomic E-state index is 0.0295. The molecule has 0 bridgehead atoms. The molecule has 11 heteroatoms. The molecule has 1 N–H and O–H groups in total. The third-order valence-corrected chi connectivity index (χ3v) is 11.8. The Morgan fingerprint density at radius 3 is 2.59 bits per heavy atom. The van der Waals surface area contributed by atoms with Gasteiger partial charge in [0.1, 0.15) is 27.4 Å². The molecular formula is C30H40N2O7S2. The van der Waals surface area contributed by atoms with E-state index in [2.05, 4.69) is 11.8 Å². The number of methoxy groups -OCH3 is 1. The highest BCUT2D eigenvalue weighted by Crippen LogP contribution is 2.35. The van der Waals surface area contributed by atoms with Crippen LogP contribution in [0, 0.1) is 23.7 Å². The lowest BCUT2D eigenvalue weighted by molar-refractivity contribution is 0.0904. The molecule has 1 fully saturated rings. The molecule has 0 unspecified atom stereocenters. The molecule has 1 saturated carbocycles. The van der Waals surface area contributed by atoms with E-state index in [0.29, 0.717) is 11.5 Å². The number of fused-ring (bicyclic) bond motifs is 1. The van der Waals surface area contributed by atoms with Gasteiger partial charge < -0.3 is 14.6 Å². The predicted molar refractivity (Wildman–Crippen MR) is 157 cm³/mol. The molecule has 3 atom stereocenters. The molecule has 0 amide bonds. The number of aliphatic hydroxyl groups is 1. The number of para-hydroxylation sites is 1. The third kappa shape index (κ3) is 6.89. The molecule has 1 aliphatic carbocycles. The number of nitrogens with zero attached hydrogens (tertiary/aromatic N) is 2. The molecule has 2 aromatic carbocycles. The Morgan fingerprint density at radius 2 is 1.90 bits per heavy atom. The van der Waals surface area contributed by atoms with Crippen LogP contribution >= 0.6 is 0 Å². The van der Waals surface area contributed by atoms with Crippen molar-refractivity contribution in [2.24, 2.45) is 11.8 Å². The van der Waals surface area contributed by atoms with E-state index in [9.17, 15) is 21.9 Å². The van der Waals surface area contributed by atoms with Gasteiger partial charge in [0.25, 0.3) is 0 Å². The van der Waals surface area contributed by atoms with E-state index in [-0.39, 0.29) is 41.0 Å². The van der Waals surface area contributed by atoms with Crippen LogP contribution in [0.3, 0.4) is 0 Å².